The van der Waals surface area contributed by atoms with Gasteiger partial charge in [0.05, 0.1) is 17.2 Å². The lowest BCUT2D eigenvalue weighted by Crippen LogP contribution is -2.25. The highest BCUT2D eigenvalue weighted by Crippen LogP contribution is 2.23. The Bertz CT molecular complexity index is 1120. The van der Waals surface area contributed by atoms with Gasteiger partial charge in [0.2, 0.25) is 10.0 Å². The van der Waals surface area contributed by atoms with E-state index in [9.17, 15) is 27.3 Å². The predicted molar refractivity (Wildman–Crippen MR) is 86.2 cm³/mol. The van der Waals surface area contributed by atoms with Crippen molar-refractivity contribution in [2.45, 2.75) is 11.4 Å². The van der Waals surface area contributed by atoms with Gasteiger partial charge in [-0.25, -0.2) is 21.9 Å². The number of nitrogens with zero attached hydrogens (tertiary/aromatic N) is 5. The lowest BCUT2D eigenvalue weighted by Gasteiger charge is -2.08. The van der Waals surface area contributed by atoms with Crippen LogP contribution < -0.4 is 4.72 Å². The first-order valence-corrected chi connectivity index (χ1v) is 8.73. The Hall–Kier alpha value is -3.32. The van der Waals surface area contributed by atoms with Crippen molar-refractivity contribution >= 4 is 15.7 Å². The fourth-order valence-corrected chi connectivity index (χ4v) is 3.36. The molecule has 1 aromatic heterocycles. The maximum atomic E-state index is 13.4. The van der Waals surface area contributed by atoms with Crippen LogP contribution >= 0.6 is 0 Å². The molecule has 0 bridgehead atoms. The molecule has 0 radical (unpaired) electrons. The number of aromatic nitrogens is 4. The van der Waals surface area contributed by atoms with Gasteiger partial charge in [0.15, 0.2) is 22.4 Å². The zero-order valence-corrected chi connectivity index (χ0v) is 14.1. The van der Waals surface area contributed by atoms with Gasteiger partial charge >= 0.3 is 0 Å². The monoisotopic (exact) mass is 396 g/mol. The average molecular weight is 396 g/mol. The number of sulfonamides is 1. The molecule has 0 atom stereocenters. The first kappa shape index (κ1) is 18.5. The van der Waals surface area contributed by atoms with E-state index in [0.29, 0.717) is 0 Å². The first-order chi connectivity index (χ1) is 12.8. The lowest BCUT2D eigenvalue weighted by atomic mass is 10.3. The molecule has 0 saturated carbocycles. The average Bonchev–Trinajstić information content (AvgIpc) is 3.11. The molecule has 27 heavy (non-hydrogen) atoms. The third kappa shape index (κ3) is 3.78. The summed E-state index contributed by atoms with van der Waals surface area (Å²) >= 11 is 0. The van der Waals surface area contributed by atoms with Gasteiger partial charge in [-0.3, -0.25) is 10.1 Å². The second kappa shape index (κ2) is 7.13. The molecular formula is C14H10F2N6O4S. The van der Waals surface area contributed by atoms with Crippen molar-refractivity contribution in [1.29, 1.82) is 0 Å². The van der Waals surface area contributed by atoms with E-state index >= 15 is 0 Å². The van der Waals surface area contributed by atoms with Crippen LogP contribution in [0.1, 0.15) is 5.82 Å². The summed E-state index contributed by atoms with van der Waals surface area (Å²) < 4.78 is 54.4. The van der Waals surface area contributed by atoms with E-state index in [1.165, 1.54) is 18.2 Å². The fraction of sp³-hybridized carbons (Fsp3) is 0.0714. The van der Waals surface area contributed by atoms with Crippen LogP contribution in [-0.2, 0) is 16.6 Å². The molecule has 3 rings (SSSR count). The number of benzene rings is 2. The van der Waals surface area contributed by atoms with Gasteiger partial charge in [-0.05, 0) is 28.6 Å². The summed E-state index contributed by atoms with van der Waals surface area (Å²) in [6.45, 7) is -0.444. The number of nitro groups is 1. The van der Waals surface area contributed by atoms with E-state index in [0.717, 1.165) is 28.9 Å². The van der Waals surface area contributed by atoms with E-state index < -0.39 is 43.7 Å². The summed E-state index contributed by atoms with van der Waals surface area (Å²) in [5.41, 5.74) is -0.524. The lowest BCUT2D eigenvalue weighted by molar-refractivity contribution is -0.387. The Balaban J connectivity index is 1.87. The number of rotatable bonds is 6. The Morgan fingerprint density at radius 3 is 2.59 bits per heavy atom. The third-order valence-electron chi connectivity index (χ3n) is 3.45. The zero-order valence-electron chi connectivity index (χ0n) is 13.3. The van der Waals surface area contributed by atoms with Crippen molar-refractivity contribution in [2.75, 3.05) is 0 Å². The highest BCUT2D eigenvalue weighted by molar-refractivity contribution is 7.89. The van der Waals surface area contributed by atoms with Gasteiger partial charge in [-0.1, -0.05) is 12.1 Å². The number of tetrazole rings is 1. The van der Waals surface area contributed by atoms with Crippen LogP contribution in [-0.4, -0.2) is 33.5 Å². The van der Waals surface area contributed by atoms with Crippen molar-refractivity contribution in [3.8, 4) is 5.69 Å². The van der Waals surface area contributed by atoms with Crippen LogP contribution in [0.3, 0.4) is 0 Å². The fourth-order valence-electron chi connectivity index (χ4n) is 2.21. The SMILES string of the molecule is O=[N+]([O-])c1ccccc1S(=O)(=O)NCc1nnnn1-c1ccc(F)c(F)c1. The molecule has 3 aromatic rings. The smallest absolute Gasteiger partial charge is 0.258 e. The maximum absolute atomic E-state index is 13.4. The summed E-state index contributed by atoms with van der Waals surface area (Å²) in [6.07, 6.45) is 0. The van der Waals surface area contributed by atoms with Crippen molar-refractivity contribution in [3.63, 3.8) is 0 Å². The Morgan fingerprint density at radius 1 is 1.15 bits per heavy atom. The maximum Gasteiger partial charge on any atom is 0.289 e. The predicted octanol–water partition coefficient (Wildman–Crippen LogP) is 1.33. The number of nitro benzene ring substituents is 1. The van der Waals surface area contributed by atoms with E-state index in [4.69, 9.17) is 0 Å². The highest BCUT2D eigenvalue weighted by Gasteiger charge is 2.25. The quantitative estimate of drug-likeness (QED) is 0.491. The molecule has 10 nitrogen and oxygen atoms in total. The summed E-state index contributed by atoms with van der Waals surface area (Å²) in [7, 11) is -4.26. The molecular weight excluding hydrogens is 386 g/mol. The Morgan fingerprint density at radius 2 is 1.89 bits per heavy atom. The number of halogens is 2. The summed E-state index contributed by atoms with van der Waals surface area (Å²) in [4.78, 5) is 9.67. The van der Waals surface area contributed by atoms with Crippen LogP contribution in [0, 0.1) is 21.7 Å². The van der Waals surface area contributed by atoms with Gasteiger partial charge < -0.3 is 0 Å². The molecule has 0 saturated heterocycles. The molecule has 0 aliphatic carbocycles. The minimum atomic E-state index is -4.26. The highest BCUT2D eigenvalue weighted by atomic mass is 32.2. The number of hydrogen-bond acceptors (Lipinski definition) is 7. The second-order valence-electron chi connectivity index (χ2n) is 5.15. The van der Waals surface area contributed by atoms with Crippen LogP contribution in [0.25, 0.3) is 5.69 Å². The van der Waals surface area contributed by atoms with Crippen molar-refractivity contribution in [2.24, 2.45) is 0 Å². The Labute approximate surface area is 150 Å². The zero-order chi connectivity index (χ0) is 19.6. The van der Waals surface area contributed by atoms with Crippen molar-refractivity contribution in [3.05, 3.63) is 70.0 Å². The molecule has 0 aliphatic rings. The number of para-hydroxylation sites is 1. The second-order valence-corrected chi connectivity index (χ2v) is 6.89. The molecule has 0 spiro atoms. The number of hydrogen-bond donors (Lipinski definition) is 1. The van der Waals surface area contributed by atoms with E-state index in [-0.39, 0.29) is 11.5 Å². The molecule has 0 aliphatic heterocycles. The minimum Gasteiger partial charge on any atom is -0.258 e. The third-order valence-corrected chi connectivity index (χ3v) is 4.90. The molecule has 0 fully saturated rings. The molecule has 1 heterocycles. The largest absolute Gasteiger partial charge is 0.289 e. The van der Waals surface area contributed by atoms with E-state index in [1.54, 1.807) is 0 Å². The normalized spacial score (nSPS) is 11.5. The van der Waals surface area contributed by atoms with Gasteiger partial charge in [0, 0.05) is 12.1 Å². The summed E-state index contributed by atoms with van der Waals surface area (Å²) in [5.74, 6) is -2.23. The van der Waals surface area contributed by atoms with E-state index in [1.807, 2.05) is 0 Å². The van der Waals surface area contributed by atoms with Crippen LogP contribution in [0.4, 0.5) is 14.5 Å². The van der Waals surface area contributed by atoms with Gasteiger partial charge in [0.1, 0.15) is 0 Å². The van der Waals surface area contributed by atoms with E-state index in [2.05, 4.69) is 20.2 Å². The summed E-state index contributed by atoms with van der Waals surface area (Å²) in [6, 6.07) is 7.72. The van der Waals surface area contributed by atoms with Crippen molar-refractivity contribution in [1.82, 2.24) is 24.9 Å². The number of nitrogens with one attached hydrogen (secondary N) is 1. The molecule has 140 valence electrons. The van der Waals surface area contributed by atoms with Crippen LogP contribution in [0.15, 0.2) is 47.4 Å². The van der Waals surface area contributed by atoms with Crippen LogP contribution in [0.2, 0.25) is 0 Å². The van der Waals surface area contributed by atoms with Crippen LogP contribution in [0.5, 0.6) is 0 Å². The van der Waals surface area contributed by atoms with Gasteiger partial charge in [-0.2, -0.15) is 4.68 Å². The Kier molecular flexibility index (Phi) is 4.87. The van der Waals surface area contributed by atoms with Crippen molar-refractivity contribution < 1.29 is 22.1 Å². The molecule has 0 amide bonds. The molecule has 1 N–H and O–H groups in total. The minimum absolute atomic E-state index is 0.0387. The van der Waals surface area contributed by atoms with Gasteiger partial charge in [-0.15, -0.1) is 5.10 Å². The summed E-state index contributed by atoms with van der Waals surface area (Å²) in [5, 5.41) is 21.6. The topological polar surface area (TPSA) is 133 Å². The standard InChI is InChI=1S/C14H10F2N6O4S/c15-10-6-5-9(7-11(10)16)21-14(18-19-20-21)8-17-27(25,26)13-4-2-1-3-12(13)22(23)24/h1-7,17H,8H2. The van der Waals surface area contributed by atoms with Gasteiger partial charge in [0.25, 0.3) is 5.69 Å². The molecule has 0 unspecified atom stereocenters. The first-order valence-electron chi connectivity index (χ1n) is 7.25. The molecule has 13 heteroatoms. The molecule has 2 aromatic carbocycles.